The summed E-state index contributed by atoms with van der Waals surface area (Å²) in [6.07, 6.45) is 0. The standard InChI is InChI=1S/C15H22N4O3/c1-11-9-19(10-13(11)18-5-7-22-8-6-18)15(20)12-3-4-14(21-2)17-16-12/h3-4,11,13H,5-10H2,1-2H3/t11-,13-/m0/s1. The van der Waals surface area contributed by atoms with Gasteiger partial charge in [-0.2, -0.15) is 0 Å². The van der Waals surface area contributed by atoms with Crippen LogP contribution in [0.3, 0.4) is 0 Å². The summed E-state index contributed by atoms with van der Waals surface area (Å²) in [6.45, 7) is 7.15. The number of ether oxygens (including phenoxy) is 2. The Labute approximate surface area is 130 Å². The van der Waals surface area contributed by atoms with Crippen LogP contribution in [-0.4, -0.2) is 78.4 Å². The lowest BCUT2D eigenvalue weighted by molar-refractivity contribution is 0.0119. The zero-order valence-electron chi connectivity index (χ0n) is 13.1. The Morgan fingerprint density at radius 3 is 2.68 bits per heavy atom. The number of carbonyl (C=O) groups is 1. The largest absolute Gasteiger partial charge is 0.480 e. The van der Waals surface area contributed by atoms with Crippen molar-refractivity contribution < 1.29 is 14.3 Å². The number of methoxy groups -OCH3 is 1. The van der Waals surface area contributed by atoms with Crippen molar-refractivity contribution in [2.45, 2.75) is 13.0 Å². The maximum Gasteiger partial charge on any atom is 0.274 e. The molecule has 3 heterocycles. The van der Waals surface area contributed by atoms with Gasteiger partial charge in [0.25, 0.3) is 5.91 Å². The van der Waals surface area contributed by atoms with Gasteiger partial charge in [0, 0.05) is 38.3 Å². The maximum absolute atomic E-state index is 12.6. The van der Waals surface area contributed by atoms with Gasteiger partial charge in [-0.05, 0) is 12.0 Å². The first-order valence-electron chi connectivity index (χ1n) is 7.68. The number of nitrogens with zero attached hydrogens (tertiary/aromatic N) is 4. The Hall–Kier alpha value is -1.73. The molecular weight excluding hydrogens is 284 g/mol. The van der Waals surface area contributed by atoms with E-state index in [0.29, 0.717) is 23.5 Å². The number of aromatic nitrogens is 2. The quantitative estimate of drug-likeness (QED) is 0.799. The lowest BCUT2D eigenvalue weighted by Gasteiger charge is -2.33. The van der Waals surface area contributed by atoms with Gasteiger partial charge in [-0.15, -0.1) is 10.2 Å². The molecule has 2 aliphatic rings. The van der Waals surface area contributed by atoms with E-state index in [1.54, 1.807) is 12.1 Å². The number of hydrogen-bond acceptors (Lipinski definition) is 6. The van der Waals surface area contributed by atoms with Crippen molar-refractivity contribution in [3.8, 4) is 5.88 Å². The second-order valence-electron chi connectivity index (χ2n) is 5.86. The second-order valence-corrected chi connectivity index (χ2v) is 5.86. The van der Waals surface area contributed by atoms with Crippen LogP contribution in [0, 0.1) is 5.92 Å². The van der Waals surface area contributed by atoms with E-state index < -0.39 is 0 Å². The third-order valence-corrected chi connectivity index (χ3v) is 4.44. The summed E-state index contributed by atoms with van der Waals surface area (Å²) < 4.78 is 10.4. The highest BCUT2D eigenvalue weighted by Gasteiger charge is 2.37. The molecule has 0 aliphatic carbocycles. The highest BCUT2D eigenvalue weighted by Crippen LogP contribution is 2.24. The molecule has 0 N–H and O–H groups in total. The van der Waals surface area contributed by atoms with E-state index in [1.807, 2.05) is 4.90 Å². The van der Waals surface area contributed by atoms with E-state index in [2.05, 4.69) is 22.0 Å². The van der Waals surface area contributed by atoms with Crippen LogP contribution in [0.2, 0.25) is 0 Å². The number of amides is 1. The van der Waals surface area contributed by atoms with Crippen LogP contribution in [-0.2, 0) is 4.74 Å². The molecule has 0 aromatic carbocycles. The molecule has 0 radical (unpaired) electrons. The molecule has 7 nitrogen and oxygen atoms in total. The van der Waals surface area contributed by atoms with Crippen LogP contribution in [0.1, 0.15) is 17.4 Å². The molecule has 2 aliphatic heterocycles. The van der Waals surface area contributed by atoms with Gasteiger partial charge in [0.1, 0.15) is 0 Å². The first kappa shape index (κ1) is 15.2. The van der Waals surface area contributed by atoms with E-state index in [0.717, 1.165) is 39.4 Å². The van der Waals surface area contributed by atoms with Gasteiger partial charge >= 0.3 is 0 Å². The highest BCUT2D eigenvalue weighted by molar-refractivity contribution is 5.92. The van der Waals surface area contributed by atoms with Crippen molar-refractivity contribution in [3.63, 3.8) is 0 Å². The molecule has 22 heavy (non-hydrogen) atoms. The van der Waals surface area contributed by atoms with Crippen molar-refractivity contribution in [1.82, 2.24) is 20.0 Å². The molecule has 1 amide bonds. The Balaban J connectivity index is 1.66. The van der Waals surface area contributed by atoms with Crippen LogP contribution < -0.4 is 4.74 Å². The van der Waals surface area contributed by atoms with E-state index in [-0.39, 0.29) is 5.91 Å². The van der Waals surface area contributed by atoms with Crippen molar-refractivity contribution >= 4 is 5.91 Å². The highest BCUT2D eigenvalue weighted by atomic mass is 16.5. The zero-order valence-corrected chi connectivity index (χ0v) is 13.1. The molecule has 0 bridgehead atoms. The fraction of sp³-hybridized carbons (Fsp3) is 0.667. The fourth-order valence-electron chi connectivity index (χ4n) is 3.20. The summed E-state index contributed by atoms with van der Waals surface area (Å²) in [6, 6.07) is 3.74. The van der Waals surface area contributed by atoms with Crippen molar-refractivity contribution in [1.29, 1.82) is 0 Å². The second kappa shape index (κ2) is 6.58. The van der Waals surface area contributed by atoms with Crippen molar-refractivity contribution in [3.05, 3.63) is 17.8 Å². The lowest BCUT2D eigenvalue weighted by Crippen LogP contribution is -2.47. The molecule has 0 unspecified atom stereocenters. The van der Waals surface area contributed by atoms with Crippen LogP contribution in [0.25, 0.3) is 0 Å². The van der Waals surface area contributed by atoms with Crippen LogP contribution in [0.5, 0.6) is 5.88 Å². The van der Waals surface area contributed by atoms with Gasteiger partial charge < -0.3 is 14.4 Å². The van der Waals surface area contributed by atoms with Crippen LogP contribution >= 0.6 is 0 Å². The minimum Gasteiger partial charge on any atom is -0.480 e. The lowest BCUT2D eigenvalue weighted by atomic mass is 10.0. The summed E-state index contributed by atoms with van der Waals surface area (Å²) >= 11 is 0. The van der Waals surface area contributed by atoms with Crippen molar-refractivity contribution in [2.75, 3.05) is 46.5 Å². The number of morpholine rings is 1. The molecule has 1 aromatic rings. The number of likely N-dealkylation sites (tertiary alicyclic amines) is 1. The summed E-state index contributed by atoms with van der Waals surface area (Å²) in [5.41, 5.74) is 0.371. The minimum atomic E-state index is -0.0576. The molecule has 1 aromatic heterocycles. The number of hydrogen-bond donors (Lipinski definition) is 0. The van der Waals surface area contributed by atoms with E-state index in [9.17, 15) is 4.79 Å². The molecule has 7 heteroatoms. The fourth-order valence-corrected chi connectivity index (χ4v) is 3.20. The van der Waals surface area contributed by atoms with E-state index >= 15 is 0 Å². The minimum absolute atomic E-state index is 0.0576. The Morgan fingerprint density at radius 1 is 1.27 bits per heavy atom. The molecule has 120 valence electrons. The normalized spacial score (nSPS) is 26.2. The predicted molar refractivity (Wildman–Crippen MR) is 79.8 cm³/mol. The molecule has 2 atom stereocenters. The molecule has 0 saturated carbocycles. The van der Waals surface area contributed by atoms with Gasteiger partial charge in [0.15, 0.2) is 5.69 Å². The van der Waals surface area contributed by atoms with Crippen LogP contribution in [0.4, 0.5) is 0 Å². The molecule has 2 fully saturated rings. The molecule has 3 rings (SSSR count). The van der Waals surface area contributed by atoms with Gasteiger partial charge in [-0.25, -0.2) is 0 Å². The topological polar surface area (TPSA) is 67.8 Å². The van der Waals surface area contributed by atoms with E-state index in [4.69, 9.17) is 9.47 Å². The van der Waals surface area contributed by atoms with Gasteiger partial charge in [0.05, 0.1) is 20.3 Å². The SMILES string of the molecule is COc1ccc(C(=O)N2C[C@H](C)[C@@H](N3CCOCC3)C2)nn1. The van der Waals surface area contributed by atoms with Gasteiger partial charge in [-0.1, -0.05) is 6.92 Å². The summed E-state index contributed by atoms with van der Waals surface area (Å²) in [4.78, 5) is 16.9. The summed E-state index contributed by atoms with van der Waals surface area (Å²) in [7, 11) is 1.53. The Bertz CT molecular complexity index is 516. The molecular formula is C15H22N4O3. The number of carbonyl (C=O) groups excluding carboxylic acids is 1. The maximum atomic E-state index is 12.6. The van der Waals surface area contributed by atoms with E-state index in [1.165, 1.54) is 7.11 Å². The average Bonchev–Trinajstić information content (AvgIpc) is 2.97. The summed E-state index contributed by atoms with van der Waals surface area (Å²) in [5, 5.41) is 7.83. The summed E-state index contributed by atoms with van der Waals surface area (Å²) in [5.74, 6) is 0.809. The Kier molecular flexibility index (Phi) is 4.54. The average molecular weight is 306 g/mol. The number of rotatable bonds is 3. The third kappa shape index (κ3) is 3.05. The Morgan fingerprint density at radius 2 is 2.05 bits per heavy atom. The third-order valence-electron chi connectivity index (χ3n) is 4.44. The molecule has 0 spiro atoms. The predicted octanol–water partition coefficient (Wildman–Crippen LogP) is 0.278. The van der Waals surface area contributed by atoms with Crippen LogP contribution in [0.15, 0.2) is 12.1 Å². The van der Waals surface area contributed by atoms with Gasteiger partial charge in [0.2, 0.25) is 5.88 Å². The monoisotopic (exact) mass is 306 g/mol. The van der Waals surface area contributed by atoms with Crippen molar-refractivity contribution in [2.24, 2.45) is 5.92 Å². The smallest absolute Gasteiger partial charge is 0.274 e. The molecule has 2 saturated heterocycles. The van der Waals surface area contributed by atoms with Gasteiger partial charge in [-0.3, -0.25) is 9.69 Å². The first-order valence-corrected chi connectivity index (χ1v) is 7.68. The first-order chi connectivity index (χ1) is 10.7. The zero-order chi connectivity index (χ0) is 15.5.